The maximum Gasteiger partial charge on any atom is 0.273 e. The van der Waals surface area contributed by atoms with Crippen molar-refractivity contribution in [3.63, 3.8) is 0 Å². The van der Waals surface area contributed by atoms with E-state index in [1.54, 1.807) is 13.2 Å². The van der Waals surface area contributed by atoms with Gasteiger partial charge in [0.05, 0.1) is 6.20 Å². The van der Waals surface area contributed by atoms with Crippen LogP contribution in [0.25, 0.3) is 0 Å². The zero-order valence-corrected chi connectivity index (χ0v) is 9.32. The number of nitrogens with zero attached hydrogens (tertiary/aromatic N) is 3. The van der Waals surface area contributed by atoms with Crippen LogP contribution in [-0.4, -0.2) is 40.0 Å². The molecule has 0 aliphatic carbocycles. The standard InChI is InChI=1S/C9H17N5O/c1-7(2)10-4-5-11-9(15)8-6-14(3)13-12-8/h6-7,10H,4-5H2,1-3H3,(H,11,15). The third-order valence-electron chi connectivity index (χ3n) is 1.80. The van der Waals surface area contributed by atoms with E-state index in [9.17, 15) is 4.79 Å². The van der Waals surface area contributed by atoms with Gasteiger partial charge in [0.15, 0.2) is 5.69 Å². The van der Waals surface area contributed by atoms with Crippen molar-refractivity contribution in [2.75, 3.05) is 13.1 Å². The summed E-state index contributed by atoms with van der Waals surface area (Å²) >= 11 is 0. The third-order valence-corrected chi connectivity index (χ3v) is 1.80. The van der Waals surface area contributed by atoms with E-state index in [1.807, 2.05) is 0 Å². The second kappa shape index (κ2) is 5.45. The van der Waals surface area contributed by atoms with Crippen LogP contribution in [-0.2, 0) is 7.05 Å². The molecule has 84 valence electrons. The van der Waals surface area contributed by atoms with E-state index >= 15 is 0 Å². The van der Waals surface area contributed by atoms with Crippen LogP contribution in [0.15, 0.2) is 6.20 Å². The van der Waals surface area contributed by atoms with Crippen molar-refractivity contribution >= 4 is 5.91 Å². The largest absolute Gasteiger partial charge is 0.349 e. The fraction of sp³-hybridized carbons (Fsp3) is 0.667. The molecule has 0 fully saturated rings. The quantitative estimate of drug-likeness (QED) is 0.647. The molecule has 0 bridgehead atoms. The summed E-state index contributed by atoms with van der Waals surface area (Å²) in [6.07, 6.45) is 1.59. The van der Waals surface area contributed by atoms with E-state index in [0.29, 0.717) is 18.3 Å². The topological polar surface area (TPSA) is 71.8 Å². The Hall–Kier alpha value is -1.43. The van der Waals surface area contributed by atoms with Gasteiger partial charge in [-0.3, -0.25) is 9.48 Å². The Morgan fingerprint density at radius 2 is 2.27 bits per heavy atom. The first-order chi connectivity index (χ1) is 7.09. The molecule has 6 heteroatoms. The van der Waals surface area contributed by atoms with E-state index < -0.39 is 0 Å². The van der Waals surface area contributed by atoms with E-state index in [0.717, 1.165) is 6.54 Å². The van der Waals surface area contributed by atoms with Crippen LogP contribution in [0.2, 0.25) is 0 Å². The van der Waals surface area contributed by atoms with Crippen molar-refractivity contribution < 1.29 is 4.79 Å². The summed E-state index contributed by atoms with van der Waals surface area (Å²) in [5.74, 6) is -0.186. The predicted octanol–water partition coefficient (Wildman–Crippen LogP) is -0.457. The molecular weight excluding hydrogens is 194 g/mol. The van der Waals surface area contributed by atoms with Crippen molar-refractivity contribution in [1.29, 1.82) is 0 Å². The van der Waals surface area contributed by atoms with Crippen LogP contribution in [0, 0.1) is 0 Å². The lowest BCUT2D eigenvalue weighted by Crippen LogP contribution is -2.34. The van der Waals surface area contributed by atoms with Gasteiger partial charge in [-0.05, 0) is 0 Å². The van der Waals surface area contributed by atoms with Gasteiger partial charge >= 0.3 is 0 Å². The van der Waals surface area contributed by atoms with Gasteiger partial charge in [-0.25, -0.2) is 0 Å². The third kappa shape index (κ3) is 4.07. The average molecular weight is 211 g/mol. The smallest absolute Gasteiger partial charge is 0.273 e. The number of amides is 1. The minimum Gasteiger partial charge on any atom is -0.349 e. The molecule has 1 rings (SSSR count). The monoisotopic (exact) mass is 211 g/mol. The fourth-order valence-corrected chi connectivity index (χ4v) is 1.08. The Kier molecular flexibility index (Phi) is 4.23. The molecule has 2 N–H and O–H groups in total. The van der Waals surface area contributed by atoms with Crippen LogP contribution >= 0.6 is 0 Å². The van der Waals surface area contributed by atoms with Gasteiger partial charge in [-0.2, -0.15) is 0 Å². The van der Waals surface area contributed by atoms with Crippen molar-refractivity contribution in [2.45, 2.75) is 19.9 Å². The molecule has 0 aliphatic heterocycles. The van der Waals surface area contributed by atoms with Gasteiger partial charge < -0.3 is 10.6 Å². The maximum absolute atomic E-state index is 11.4. The van der Waals surface area contributed by atoms with Crippen LogP contribution in [0.3, 0.4) is 0 Å². The van der Waals surface area contributed by atoms with E-state index in [-0.39, 0.29) is 5.91 Å². The molecule has 1 aromatic heterocycles. The summed E-state index contributed by atoms with van der Waals surface area (Å²) in [6, 6.07) is 0.429. The van der Waals surface area contributed by atoms with Gasteiger partial charge in [0.2, 0.25) is 0 Å². The van der Waals surface area contributed by atoms with Crippen molar-refractivity contribution in [3.8, 4) is 0 Å². The lowest BCUT2D eigenvalue weighted by atomic mass is 10.4. The molecule has 1 heterocycles. The number of rotatable bonds is 5. The van der Waals surface area contributed by atoms with E-state index in [1.165, 1.54) is 4.68 Å². The molecule has 0 aromatic carbocycles. The van der Waals surface area contributed by atoms with Crippen LogP contribution < -0.4 is 10.6 Å². The molecule has 1 amide bonds. The lowest BCUT2D eigenvalue weighted by Gasteiger charge is -2.07. The molecule has 0 atom stereocenters. The SMILES string of the molecule is CC(C)NCCNC(=O)c1cn(C)nn1. The molecular formula is C9H17N5O. The van der Waals surface area contributed by atoms with Gasteiger partial charge in [0.1, 0.15) is 0 Å². The first kappa shape index (κ1) is 11.6. The minimum absolute atomic E-state index is 0.186. The molecule has 0 aliphatic rings. The lowest BCUT2D eigenvalue weighted by molar-refractivity contribution is 0.0948. The first-order valence-corrected chi connectivity index (χ1v) is 4.97. The Labute approximate surface area is 89.0 Å². The number of carbonyl (C=O) groups excluding carboxylic acids is 1. The number of aryl methyl sites for hydroxylation is 1. The van der Waals surface area contributed by atoms with Gasteiger partial charge in [-0.15, -0.1) is 5.10 Å². The molecule has 1 aromatic rings. The summed E-state index contributed by atoms with van der Waals surface area (Å²) in [5.41, 5.74) is 0.349. The Balaban J connectivity index is 2.25. The highest BCUT2D eigenvalue weighted by Gasteiger charge is 2.08. The fourth-order valence-electron chi connectivity index (χ4n) is 1.08. The Morgan fingerprint density at radius 3 is 2.80 bits per heavy atom. The van der Waals surface area contributed by atoms with Gasteiger partial charge in [-0.1, -0.05) is 19.1 Å². The zero-order valence-electron chi connectivity index (χ0n) is 9.32. The zero-order chi connectivity index (χ0) is 11.3. The molecule has 6 nitrogen and oxygen atoms in total. The number of nitrogens with one attached hydrogen (secondary N) is 2. The number of hydrogen-bond donors (Lipinski definition) is 2. The summed E-state index contributed by atoms with van der Waals surface area (Å²) in [5, 5.41) is 13.3. The average Bonchev–Trinajstić information content (AvgIpc) is 2.59. The number of carbonyl (C=O) groups is 1. The maximum atomic E-state index is 11.4. The second-order valence-corrected chi connectivity index (χ2v) is 3.64. The second-order valence-electron chi connectivity index (χ2n) is 3.64. The predicted molar refractivity (Wildman–Crippen MR) is 56.5 cm³/mol. The van der Waals surface area contributed by atoms with E-state index in [2.05, 4.69) is 34.8 Å². The number of hydrogen-bond acceptors (Lipinski definition) is 4. The summed E-state index contributed by atoms with van der Waals surface area (Å²) in [6.45, 7) is 5.46. The van der Waals surface area contributed by atoms with Crippen molar-refractivity contribution in [2.24, 2.45) is 7.05 Å². The highest BCUT2D eigenvalue weighted by atomic mass is 16.2. The summed E-state index contributed by atoms with van der Waals surface area (Å²) < 4.78 is 1.50. The van der Waals surface area contributed by atoms with Crippen molar-refractivity contribution in [3.05, 3.63) is 11.9 Å². The molecule has 0 spiro atoms. The molecule has 0 saturated heterocycles. The highest BCUT2D eigenvalue weighted by Crippen LogP contribution is 1.89. The van der Waals surface area contributed by atoms with Gasteiger partial charge in [0, 0.05) is 26.2 Å². The minimum atomic E-state index is -0.186. The molecule has 0 radical (unpaired) electrons. The molecule has 15 heavy (non-hydrogen) atoms. The van der Waals surface area contributed by atoms with Crippen molar-refractivity contribution in [1.82, 2.24) is 25.6 Å². The van der Waals surface area contributed by atoms with Crippen LogP contribution in [0.5, 0.6) is 0 Å². The van der Waals surface area contributed by atoms with E-state index in [4.69, 9.17) is 0 Å². The molecule has 0 saturated carbocycles. The van der Waals surface area contributed by atoms with Gasteiger partial charge in [0.25, 0.3) is 5.91 Å². The molecule has 0 unspecified atom stereocenters. The highest BCUT2D eigenvalue weighted by molar-refractivity contribution is 5.91. The number of aromatic nitrogens is 3. The Bertz CT molecular complexity index is 320. The van der Waals surface area contributed by atoms with Crippen LogP contribution in [0.1, 0.15) is 24.3 Å². The normalized spacial score (nSPS) is 10.7. The summed E-state index contributed by atoms with van der Waals surface area (Å²) in [7, 11) is 1.73. The van der Waals surface area contributed by atoms with Crippen LogP contribution in [0.4, 0.5) is 0 Å². The summed E-state index contributed by atoms with van der Waals surface area (Å²) in [4.78, 5) is 11.4. The first-order valence-electron chi connectivity index (χ1n) is 4.97. The Morgan fingerprint density at radius 1 is 1.53 bits per heavy atom.